The molecule has 0 spiro atoms. The van der Waals surface area contributed by atoms with Gasteiger partial charge in [-0.2, -0.15) is 5.10 Å². The number of carbonyl (C=O) groups excluding carboxylic acids is 1. The molecule has 0 atom stereocenters. The minimum absolute atomic E-state index is 0.208. The molecule has 4 nitrogen and oxygen atoms in total. The highest BCUT2D eigenvalue weighted by atomic mass is 127. The Balaban J connectivity index is 2.38. The van der Waals surface area contributed by atoms with E-state index in [2.05, 4.69) is 32.4 Å². The molecule has 0 aliphatic rings. The Morgan fingerprint density at radius 1 is 1.83 bits per heavy atom. The monoisotopic (exact) mass is 280 g/mol. The molecular formula is C7H9IN2O2. The summed E-state index contributed by atoms with van der Waals surface area (Å²) < 4.78 is 7.15. The highest BCUT2D eigenvalue weighted by molar-refractivity contribution is 14.1. The van der Waals surface area contributed by atoms with E-state index in [0.717, 1.165) is 3.70 Å². The van der Waals surface area contributed by atoms with Crippen LogP contribution in [0.15, 0.2) is 12.3 Å². The molecule has 0 radical (unpaired) electrons. The second-order valence-corrected chi connectivity index (χ2v) is 3.33. The van der Waals surface area contributed by atoms with Gasteiger partial charge in [-0.1, -0.05) is 0 Å². The molecule has 0 N–H and O–H groups in total. The van der Waals surface area contributed by atoms with Crippen LogP contribution in [0, 0.1) is 3.70 Å². The Bertz CT molecular complexity index is 272. The van der Waals surface area contributed by atoms with Crippen molar-refractivity contribution in [2.45, 2.75) is 13.0 Å². The third-order valence-corrected chi connectivity index (χ3v) is 1.96. The van der Waals surface area contributed by atoms with Gasteiger partial charge in [-0.25, -0.2) is 0 Å². The van der Waals surface area contributed by atoms with Crippen molar-refractivity contribution in [2.75, 3.05) is 7.11 Å². The lowest BCUT2D eigenvalue weighted by molar-refractivity contribution is -0.140. The van der Waals surface area contributed by atoms with Gasteiger partial charge in [-0.15, -0.1) is 0 Å². The Hall–Kier alpha value is -0.590. The molecular weight excluding hydrogens is 271 g/mol. The SMILES string of the molecule is COC(=O)CCn1ccc(I)n1. The molecule has 12 heavy (non-hydrogen) atoms. The Morgan fingerprint density at radius 2 is 2.58 bits per heavy atom. The molecule has 0 fully saturated rings. The number of aromatic nitrogens is 2. The van der Waals surface area contributed by atoms with Crippen molar-refractivity contribution >= 4 is 28.6 Å². The van der Waals surface area contributed by atoms with Gasteiger partial charge < -0.3 is 4.74 Å². The largest absolute Gasteiger partial charge is 0.469 e. The van der Waals surface area contributed by atoms with Gasteiger partial charge in [0, 0.05) is 6.20 Å². The van der Waals surface area contributed by atoms with Crippen LogP contribution in [0.2, 0.25) is 0 Å². The molecule has 0 aliphatic heterocycles. The molecule has 66 valence electrons. The summed E-state index contributed by atoms with van der Waals surface area (Å²) in [6.45, 7) is 0.579. The first-order chi connectivity index (χ1) is 5.72. The lowest BCUT2D eigenvalue weighted by Crippen LogP contribution is -2.07. The molecule has 0 aliphatic carbocycles. The van der Waals surface area contributed by atoms with Crippen LogP contribution in [0.3, 0.4) is 0 Å². The van der Waals surface area contributed by atoms with E-state index in [1.165, 1.54) is 7.11 Å². The van der Waals surface area contributed by atoms with Gasteiger partial charge in [0.05, 0.1) is 20.1 Å². The fraction of sp³-hybridized carbons (Fsp3) is 0.429. The molecule has 0 saturated carbocycles. The maximum absolute atomic E-state index is 10.7. The molecule has 0 bridgehead atoms. The van der Waals surface area contributed by atoms with Crippen molar-refractivity contribution in [3.63, 3.8) is 0 Å². The predicted molar refractivity (Wildman–Crippen MR) is 51.6 cm³/mol. The van der Waals surface area contributed by atoms with Crippen molar-refractivity contribution < 1.29 is 9.53 Å². The van der Waals surface area contributed by atoms with Crippen LogP contribution in [-0.4, -0.2) is 22.9 Å². The van der Waals surface area contributed by atoms with Gasteiger partial charge in [0.1, 0.15) is 3.70 Å². The van der Waals surface area contributed by atoms with Crippen LogP contribution in [0.5, 0.6) is 0 Å². The van der Waals surface area contributed by atoms with E-state index < -0.39 is 0 Å². The van der Waals surface area contributed by atoms with Gasteiger partial charge >= 0.3 is 5.97 Å². The second kappa shape index (κ2) is 4.44. The van der Waals surface area contributed by atoms with Crippen molar-refractivity contribution in [1.29, 1.82) is 0 Å². The number of ether oxygens (including phenoxy) is 1. The van der Waals surface area contributed by atoms with Crippen LogP contribution < -0.4 is 0 Å². The minimum Gasteiger partial charge on any atom is -0.469 e. The van der Waals surface area contributed by atoms with Crippen molar-refractivity contribution in [1.82, 2.24) is 9.78 Å². The number of hydrogen-bond donors (Lipinski definition) is 0. The molecule has 1 aromatic heterocycles. The first-order valence-electron chi connectivity index (χ1n) is 3.48. The Kier molecular flexibility index (Phi) is 3.51. The van der Waals surface area contributed by atoms with Crippen molar-refractivity contribution in [3.05, 3.63) is 16.0 Å². The predicted octanol–water partition coefficient (Wildman–Crippen LogP) is 1.05. The summed E-state index contributed by atoms with van der Waals surface area (Å²) in [6, 6.07) is 1.89. The molecule has 0 unspecified atom stereocenters. The quantitative estimate of drug-likeness (QED) is 0.614. The topological polar surface area (TPSA) is 44.1 Å². The molecule has 1 rings (SSSR count). The molecule has 5 heteroatoms. The average molecular weight is 280 g/mol. The summed E-state index contributed by atoms with van der Waals surface area (Å²) in [6.07, 6.45) is 2.21. The van der Waals surface area contributed by atoms with Crippen LogP contribution in [0.4, 0.5) is 0 Å². The maximum atomic E-state index is 10.7. The fourth-order valence-corrected chi connectivity index (χ4v) is 1.21. The standard InChI is InChI=1S/C7H9IN2O2/c1-12-7(11)3-5-10-4-2-6(8)9-10/h2,4H,3,5H2,1H3. The lowest BCUT2D eigenvalue weighted by Gasteiger charge is -1.98. The molecule has 0 aromatic carbocycles. The zero-order valence-electron chi connectivity index (χ0n) is 6.66. The molecule has 0 amide bonds. The normalized spacial score (nSPS) is 9.83. The van der Waals surface area contributed by atoms with E-state index in [1.54, 1.807) is 4.68 Å². The number of esters is 1. The van der Waals surface area contributed by atoms with E-state index in [1.807, 2.05) is 12.3 Å². The van der Waals surface area contributed by atoms with E-state index in [4.69, 9.17) is 0 Å². The summed E-state index contributed by atoms with van der Waals surface area (Å²) in [5.41, 5.74) is 0. The Morgan fingerprint density at radius 3 is 3.08 bits per heavy atom. The van der Waals surface area contributed by atoms with E-state index in [0.29, 0.717) is 13.0 Å². The third-order valence-electron chi connectivity index (χ3n) is 1.38. The first-order valence-corrected chi connectivity index (χ1v) is 4.56. The zero-order chi connectivity index (χ0) is 8.97. The van der Waals surface area contributed by atoms with Crippen molar-refractivity contribution in [3.8, 4) is 0 Å². The van der Waals surface area contributed by atoms with Crippen LogP contribution in [0.25, 0.3) is 0 Å². The number of carbonyl (C=O) groups is 1. The van der Waals surface area contributed by atoms with Gasteiger partial charge in [0.15, 0.2) is 0 Å². The smallest absolute Gasteiger partial charge is 0.307 e. The van der Waals surface area contributed by atoms with E-state index in [-0.39, 0.29) is 5.97 Å². The van der Waals surface area contributed by atoms with Crippen molar-refractivity contribution in [2.24, 2.45) is 0 Å². The molecule has 1 heterocycles. The number of hydrogen-bond acceptors (Lipinski definition) is 3. The maximum Gasteiger partial charge on any atom is 0.307 e. The molecule has 1 aromatic rings. The Labute approximate surface area is 84.0 Å². The summed E-state index contributed by atoms with van der Waals surface area (Å²) in [5, 5.41) is 4.11. The highest BCUT2D eigenvalue weighted by Gasteiger charge is 2.01. The zero-order valence-corrected chi connectivity index (χ0v) is 8.82. The summed E-state index contributed by atoms with van der Waals surface area (Å²) in [7, 11) is 1.38. The first kappa shape index (κ1) is 9.50. The van der Waals surface area contributed by atoms with Gasteiger partial charge in [-0.05, 0) is 28.7 Å². The fourth-order valence-electron chi connectivity index (χ4n) is 0.769. The second-order valence-electron chi connectivity index (χ2n) is 2.23. The molecule has 0 saturated heterocycles. The number of aryl methyl sites for hydroxylation is 1. The minimum atomic E-state index is -0.208. The van der Waals surface area contributed by atoms with Crippen LogP contribution in [0.1, 0.15) is 6.42 Å². The highest BCUT2D eigenvalue weighted by Crippen LogP contribution is 2.00. The van der Waals surface area contributed by atoms with E-state index >= 15 is 0 Å². The van der Waals surface area contributed by atoms with Crippen LogP contribution in [-0.2, 0) is 16.1 Å². The van der Waals surface area contributed by atoms with E-state index in [9.17, 15) is 4.79 Å². The van der Waals surface area contributed by atoms with Gasteiger partial charge in [0.2, 0.25) is 0 Å². The lowest BCUT2D eigenvalue weighted by atomic mass is 10.4. The number of halogens is 1. The number of methoxy groups -OCH3 is 1. The summed E-state index contributed by atoms with van der Waals surface area (Å²) in [5.74, 6) is -0.208. The van der Waals surface area contributed by atoms with Gasteiger partial charge in [-0.3, -0.25) is 9.48 Å². The number of nitrogens with zero attached hydrogens (tertiary/aromatic N) is 2. The summed E-state index contributed by atoms with van der Waals surface area (Å²) in [4.78, 5) is 10.7. The van der Waals surface area contributed by atoms with Crippen LogP contribution >= 0.6 is 22.6 Å². The average Bonchev–Trinajstić information content (AvgIpc) is 2.47. The number of rotatable bonds is 3. The summed E-state index contributed by atoms with van der Waals surface area (Å²) >= 11 is 2.12. The van der Waals surface area contributed by atoms with Gasteiger partial charge in [0.25, 0.3) is 0 Å². The third kappa shape index (κ3) is 2.80.